The summed E-state index contributed by atoms with van der Waals surface area (Å²) in [5.74, 6) is -1.44. The van der Waals surface area contributed by atoms with Crippen LogP contribution in [0.4, 0.5) is 0 Å². The van der Waals surface area contributed by atoms with Crippen LogP contribution in [0, 0.1) is 6.92 Å². The Labute approximate surface area is 91.6 Å². The number of fused-ring (bicyclic) bond motifs is 1. The predicted molar refractivity (Wildman–Crippen MR) is 54.1 cm³/mol. The summed E-state index contributed by atoms with van der Waals surface area (Å²) in [6.45, 7) is 2.52. The SMILES string of the molecule is Cc1cc2c(cc1C(=O)C(=O)O)OCCO2. The molecule has 1 aliphatic rings. The van der Waals surface area contributed by atoms with Crippen LogP contribution >= 0.6 is 0 Å². The fourth-order valence-electron chi connectivity index (χ4n) is 1.55. The zero-order valence-corrected chi connectivity index (χ0v) is 8.65. The van der Waals surface area contributed by atoms with Gasteiger partial charge < -0.3 is 14.6 Å². The van der Waals surface area contributed by atoms with Crippen molar-refractivity contribution in [3.8, 4) is 11.5 Å². The molecule has 16 heavy (non-hydrogen) atoms. The molecule has 2 rings (SSSR count). The Bertz CT molecular complexity index is 464. The van der Waals surface area contributed by atoms with Gasteiger partial charge in [0, 0.05) is 5.56 Å². The number of benzene rings is 1. The van der Waals surface area contributed by atoms with Crippen molar-refractivity contribution in [2.75, 3.05) is 13.2 Å². The third kappa shape index (κ3) is 1.71. The van der Waals surface area contributed by atoms with Crippen molar-refractivity contribution in [1.29, 1.82) is 0 Å². The first-order valence-electron chi connectivity index (χ1n) is 4.77. The molecule has 1 N–H and O–H groups in total. The molecule has 1 aromatic rings. The number of hydrogen-bond acceptors (Lipinski definition) is 4. The van der Waals surface area contributed by atoms with Gasteiger partial charge >= 0.3 is 5.97 Å². The van der Waals surface area contributed by atoms with E-state index in [9.17, 15) is 9.59 Å². The van der Waals surface area contributed by atoms with Crippen molar-refractivity contribution >= 4 is 11.8 Å². The van der Waals surface area contributed by atoms with Crippen molar-refractivity contribution in [2.45, 2.75) is 6.92 Å². The number of carbonyl (C=O) groups excluding carboxylic acids is 1. The molecule has 0 fully saturated rings. The average molecular weight is 222 g/mol. The molecule has 84 valence electrons. The van der Waals surface area contributed by atoms with Gasteiger partial charge in [0.2, 0.25) is 0 Å². The van der Waals surface area contributed by atoms with Crippen LogP contribution in [0.3, 0.4) is 0 Å². The van der Waals surface area contributed by atoms with Gasteiger partial charge in [-0.25, -0.2) is 4.79 Å². The maximum Gasteiger partial charge on any atom is 0.377 e. The monoisotopic (exact) mass is 222 g/mol. The highest BCUT2D eigenvalue weighted by atomic mass is 16.6. The van der Waals surface area contributed by atoms with Crippen LogP contribution < -0.4 is 9.47 Å². The lowest BCUT2D eigenvalue weighted by Crippen LogP contribution is -2.18. The molecule has 0 unspecified atom stereocenters. The minimum absolute atomic E-state index is 0.136. The number of Topliss-reactive ketones (excluding diaryl/α,β-unsaturated/α-hetero) is 1. The van der Waals surface area contributed by atoms with Gasteiger partial charge in [0.25, 0.3) is 5.78 Å². The third-order valence-electron chi connectivity index (χ3n) is 2.33. The number of carbonyl (C=O) groups is 2. The number of ketones is 1. The van der Waals surface area contributed by atoms with Gasteiger partial charge in [0.05, 0.1) is 0 Å². The van der Waals surface area contributed by atoms with E-state index in [0.29, 0.717) is 30.3 Å². The second-order valence-corrected chi connectivity index (χ2v) is 3.45. The van der Waals surface area contributed by atoms with E-state index in [0.717, 1.165) is 0 Å². The number of rotatable bonds is 2. The standard InChI is InChI=1S/C11H10O5/c1-6-4-8-9(16-3-2-15-8)5-7(6)10(12)11(13)14/h4-5H,2-3H2,1H3,(H,13,14). The van der Waals surface area contributed by atoms with Crippen LogP contribution in [0.25, 0.3) is 0 Å². The lowest BCUT2D eigenvalue weighted by Gasteiger charge is -2.19. The summed E-state index contributed by atoms with van der Waals surface area (Å²) in [6, 6.07) is 3.03. The Hall–Kier alpha value is -2.04. The fraction of sp³-hybridized carbons (Fsp3) is 0.273. The Morgan fingerprint density at radius 1 is 1.19 bits per heavy atom. The molecular formula is C11H10O5. The molecule has 0 aliphatic carbocycles. The number of hydrogen-bond donors (Lipinski definition) is 1. The summed E-state index contributed by atoms with van der Waals surface area (Å²) in [5, 5.41) is 8.64. The largest absolute Gasteiger partial charge is 0.486 e. The Morgan fingerprint density at radius 3 is 2.31 bits per heavy atom. The smallest absolute Gasteiger partial charge is 0.377 e. The Kier molecular flexibility index (Phi) is 2.52. The lowest BCUT2D eigenvalue weighted by atomic mass is 10.0. The summed E-state index contributed by atoms with van der Waals surface area (Å²) in [6.07, 6.45) is 0. The summed E-state index contributed by atoms with van der Waals surface area (Å²) in [7, 11) is 0. The second kappa shape index (κ2) is 3.84. The van der Waals surface area contributed by atoms with Crippen molar-refractivity contribution in [1.82, 2.24) is 0 Å². The topological polar surface area (TPSA) is 72.8 Å². The van der Waals surface area contributed by atoms with E-state index >= 15 is 0 Å². The molecule has 5 heteroatoms. The molecule has 0 atom stereocenters. The maximum atomic E-state index is 11.4. The molecule has 0 bridgehead atoms. The summed E-state index contributed by atoms with van der Waals surface area (Å²) in [4.78, 5) is 22.0. The van der Waals surface area contributed by atoms with Crippen molar-refractivity contribution in [2.24, 2.45) is 0 Å². The fourth-order valence-corrected chi connectivity index (χ4v) is 1.55. The highest BCUT2D eigenvalue weighted by Crippen LogP contribution is 2.33. The first-order chi connectivity index (χ1) is 7.59. The predicted octanol–water partition coefficient (Wildman–Crippen LogP) is 1.03. The van der Waals surface area contributed by atoms with Crippen molar-refractivity contribution in [3.05, 3.63) is 23.3 Å². The van der Waals surface area contributed by atoms with Crippen LogP contribution in [0.1, 0.15) is 15.9 Å². The van der Waals surface area contributed by atoms with E-state index in [4.69, 9.17) is 14.6 Å². The molecule has 0 amide bonds. The third-order valence-corrected chi connectivity index (χ3v) is 2.33. The highest BCUT2D eigenvalue weighted by Gasteiger charge is 2.21. The molecule has 0 aromatic heterocycles. The van der Waals surface area contributed by atoms with Crippen molar-refractivity contribution < 1.29 is 24.2 Å². The van der Waals surface area contributed by atoms with Crippen LogP contribution in [0.2, 0.25) is 0 Å². The normalized spacial score (nSPS) is 13.3. The maximum absolute atomic E-state index is 11.4. The lowest BCUT2D eigenvalue weighted by molar-refractivity contribution is -0.131. The molecule has 5 nitrogen and oxygen atoms in total. The molecule has 0 saturated heterocycles. The zero-order valence-electron chi connectivity index (χ0n) is 8.65. The molecule has 0 saturated carbocycles. The van der Waals surface area contributed by atoms with Gasteiger partial charge in [-0.2, -0.15) is 0 Å². The van der Waals surface area contributed by atoms with Gasteiger partial charge in [0.15, 0.2) is 11.5 Å². The average Bonchev–Trinajstić information content (AvgIpc) is 2.27. The molecule has 0 spiro atoms. The van der Waals surface area contributed by atoms with E-state index in [2.05, 4.69) is 0 Å². The Balaban J connectivity index is 2.47. The molecular weight excluding hydrogens is 212 g/mol. The number of aryl methyl sites for hydroxylation is 1. The quantitative estimate of drug-likeness (QED) is 0.597. The van der Waals surface area contributed by atoms with Gasteiger partial charge in [-0.3, -0.25) is 4.79 Å². The van der Waals surface area contributed by atoms with E-state index < -0.39 is 11.8 Å². The van der Waals surface area contributed by atoms with Crippen LogP contribution in [0.15, 0.2) is 12.1 Å². The molecule has 1 heterocycles. The summed E-state index contributed by atoms with van der Waals surface area (Å²) >= 11 is 0. The first kappa shape index (κ1) is 10.5. The van der Waals surface area contributed by atoms with Crippen LogP contribution in [-0.4, -0.2) is 30.1 Å². The van der Waals surface area contributed by atoms with Gasteiger partial charge in [-0.15, -0.1) is 0 Å². The van der Waals surface area contributed by atoms with E-state index in [1.807, 2.05) is 0 Å². The van der Waals surface area contributed by atoms with Crippen LogP contribution in [-0.2, 0) is 4.79 Å². The minimum Gasteiger partial charge on any atom is -0.486 e. The van der Waals surface area contributed by atoms with Gasteiger partial charge in [-0.05, 0) is 24.6 Å². The molecule has 1 aliphatic heterocycles. The summed E-state index contributed by atoms with van der Waals surface area (Å²) in [5.41, 5.74) is 0.702. The van der Waals surface area contributed by atoms with Crippen molar-refractivity contribution in [3.63, 3.8) is 0 Å². The van der Waals surface area contributed by atoms with E-state index in [-0.39, 0.29) is 5.56 Å². The van der Waals surface area contributed by atoms with E-state index in [1.165, 1.54) is 6.07 Å². The van der Waals surface area contributed by atoms with Gasteiger partial charge in [-0.1, -0.05) is 0 Å². The van der Waals surface area contributed by atoms with Crippen LogP contribution in [0.5, 0.6) is 11.5 Å². The number of aliphatic carboxylic acids is 1. The highest BCUT2D eigenvalue weighted by molar-refractivity contribution is 6.40. The first-order valence-corrected chi connectivity index (χ1v) is 4.77. The minimum atomic E-state index is -1.47. The van der Waals surface area contributed by atoms with E-state index in [1.54, 1.807) is 13.0 Å². The number of ether oxygens (including phenoxy) is 2. The molecule has 0 radical (unpaired) electrons. The van der Waals surface area contributed by atoms with Gasteiger partial charge in [0.1, 0.15) is 13.2 Å². The summed E-state index contributed by atoms with van der Waals surface area (Å²) < 4.78 is 10.6. The Morgan fingerprint density at radius 2 is 1.75 bits per heavy atom. The zero-order chi connectivity index (χ0) is 11.7. The number of carboxylic acid groups (broad SMARTS) is 1. The number of carboxylic acids is 1. The second-order valence-electron chi connectivity index (χ2n) is 3.45. The molecule has 1 aromatic carbocycles.